The molecule has 0 heterocycles. The molecule has 0 aromatic heterocycles. The number of rotatable bonds is 3. The zero-order chi connectivity index (χ0) is 13.8. The molecule has 0 atom stereocenters. The first-order chi connectivity index (χ1) is 8.36. The van der Waals surface area contributed by atoms with Crippen LogP contribution in [0.15, 0.2) is 23.1 Å². The molecule has 0 saturated heterocycles. The Labute approximate surface area is 109 Å². The Hall–Kier alpha value is -1.35. The van der Waals surface area contributed by atoms with Crippen molar-refractivity contribution in [2.24, 2.45) is 5.73 Å². The second kappa shape index (κ2) is 6.01. The van der Waals surface area contributed by atoms with Crippen LogP contribution in [-0.2, 0) is 10.0 Å². The zero-order valence-corrected chi connectivity index (χ0v) is 11.6. The monoisotopic (exact) mass is 266 g/mol. The van der Waals surface area contributed by atoms with E-state index in [0.29, 0.717) is 0 Å². The third-order valence-corrected chi connectivity index (χ3v) is 3.88. The molecule has 0 bridgehead atoms. The lowest BCUT2D eigenvalue weighted by Gasteiger charge is -2.10. The van der Waals surface area contributed by atoms with Gasteiger partial charge in [-0.2, -0.15) is 0 Å². The Morgan fingerprint density at radius 1 is 1.39 bits per heavy atom. The minimum absolute atomic E-state index is 0.132. The quantitative estimate of drug-likeness (QED) is 0.801. The van der Waals surface area contributed by atoms with Crippen LogP contribution in [0, 0.1) is 18.8 Å². The lowest BCUT2D eigenvalue weighted by molar-refractivity contribution is 0.570. The fraction of sp³-hybridized carbons (Fsp3) is 0.385. The predicted molar refractivity (Wildman–Crippen MR) is 72.6 cm³/mol. The standard InChI is InChI=1S/C13H18N2O2S/c1-10(2)15-18(16,17)13-7-6-12(5-4-8-14)11(3)9-13/h6-7,9-10,15H,8,14H2,1-3H3. The van der Waals surface area contributed by atoms with Crippen molar-refractivity contribution >= 4 is 10.0 Å². The molecule has 3 N–H and O–H groups in total. The van der Waals surface area contributed by atoms with Gasteiger partial charge in [-0.15, -0.1) is 0 Å². The molecule has 0 fully saturated rings. The summed E-state index contributed by atoms with van der Waals surface area (Å²) in [7, 11) is -3.44. The summed E-state index contributed by atoms with van der Waals surface area (Å²) < 4.78 is 26.4. The first-order valence-electron chi connectivity index (χ1n) is 5.68. The highest BCUT2D eigenvalue weighted by Crippen LogP contribution is 2.15. The van der Waals surface area contributed by atoms with E-state index in [1.54, 1.807) is 32.0 Å². The number of nitrogens with one attached hydrogen (secondary N) is 1. The second-order valence-electron chi connectivity index (χ2n) is 4.26. The third-order valence-electron chi connectivity index (χ3n) is 2.22. The summed E-state index contributed by atoms with van der Waals surface area (Å²) in [4.78, 5) is 0.256. The van der Waals surface area contributed by atoms with Gasteiger partial charge in [-0.3, -0.25) is 0 Å². The van der Waals surface area contributed by atoms with Crippen LogP contribution in [0.4, 0.5) is 0 Å². The van der Waals surface area contributed by atoms with Gasteiger partial charge in [-0.1, -0.05) is 11.8 Å². The number of benzene rings is 1. The topological polar surface area (TPSA) is 72.2 Å². The molecule has 1 aromatic carbocycles. The first-order valence-corrected chi connectivity index (χ1v) is 7.17. The van der Waals surface area contributed by atoms with Crippen molar-refractivity contribution in [1.29, 1.82) is 0 Å². The Bertz CT molecular complexity index is 581. The lowest BCUT2D eigenvalue weighted by atomic mass is 10.1. The molecule has 0 unspecified atom stereocenters. The summed E-state index contributed by atoms with van der Waals surface area (Å²) in [6.45, 7) is 5.68. The van der Waals surface area contributed by atoms with E-state index < -0.39 is 10.0 Å². The highest BCUT2D eigenvalue weighted by Gasteiger charge is 2.15. The van der Waals surface area contributed by atoms with E-state index in [1.807, 2.05) is 6.92 Å². The van der Waals surface area contributed by atoms with Crippen LogP contribution >= 0.6 is 0 Å². The van der Waals surface area contributed by atoms with E-state index in [1.165, 1.54) is 0 Å². The molecule has 98 valence electrons. The highest BCUT2D eigenvalue weighted by molar-refractivity contribution is 7.89. The molecule has 0 spiro atoms. The number of sulfonamides is 1. The predicted octanol–water partition coefficient (Wildman–Crippen LogP) is 0.992. The molecular formula is C13H18N2O2S. The van der Waals surface area contributed by atoms with Crippen LogP contribution in [0.1, 0.15) is 25.0 Å². The number of hydrogen-bond acceptors (Lipinski definition) is 3. The Morgan fingerprint density at radius 2 is 2.06 bits per heavy atom. The van der Waals surface area contributed by atoms with Crippen molar-refractivity contribution in [3.63, 3.8) is 0 Å². The van der Waals surface area contributed by atoms with E-state index in [0.717, 1.165) is 11.1 Å². The molecule has 18 heavy (non-hydrogen) atoms. The van der Waals surface area contributed by atoms with Gasteiger partial charge in [-0.05, 0) is 44.5 Å². The van der Waals surface area contributed by atoms with Crippen LogP contribution in [0.3, 0.4) is 0 Å². The fourth-order valence-electron chi connectivity index (χ4n) is 1.47. The van der Waals surface area contributed by atoms with Gasteiger partial charge in [0, 0.05) is 11.6 Å². The van der Waals surface area contributed by atoms with Gasteiger partial charge in [0.15, 0.2) is 0 Å². The molecule has 0 aliphatic carbocycles. The average molecular weight is 266 g/mol. The van der Waals surface area contributed by atoms with E-state index in [2.05, 4.69) is 16.6 Å². The van der Waals surface area contributed by atoms with Crippen molar-refractivity contribution in [3.05, 3.63) is 29.3 Å². The van der Waals surface area contributed by atoms with Gasteiger partial charge >= 0.3 is 0 Å². The van der Waals surface area contributed by atoms with Gasteiger partial charge < -0.3 is 5.73 Å². The highest BCUT2D eigenvalue weighted by atomic mass is 32.2. The maximum absolute atomic E-state index is 12.0. The van der Waals surface area contributed by atoms with E-state index in [4.69, 9.17) is 5.73 Å². The molecule has 0 saturated carbocycles. The molecule has 4 nitrogen and oxygen atoms in total. The normalized spacial score (nSPS) is 11.2. The van der Waals surface area contributed by atoms with Crippen molar-refractivity contribution in [2.45, 2.75) is 31.7 Å². The summed E-state index contributed by atoms with van der Waals surface area (Å²) in [5.41, 5.74) is 6.92. The minimum atomic E-state index is -3.44. The molecule has 0 radical (unpaired) electrons. The molecule has 5 heteroatoms. The number of hydrogen-bond donors (Lipinski definition) is 2. The summed E-state index contributed by atoms with van der Waals surface area (Å²) in [6.07, 6.45) is 0. The molecule has 0 amide bonds. The smallest absolute Gasteiger partial charge is 0.240 e. The second-order valence-corrected chi connectivity index (χ2v) is 5.97. The van der Waals surface area contributed by atoms with Crippen LogP contribution in [0.2, 0.25) is 0 Å². The van der Waals surface area contributed by atoms with Crippen molar-refractivity contribution in [3.8, 4) is 11.8 Å². The summed E-state index contributed by atoms with van der Waals surface area (Å²) in [5.74, 6) is 5.65. The van der Waals surface area contributed by atoms with Crippen LogP contribution < -0.4 is 10.5 Å². The molecule has 1 rings (SSSR count). The van der Waals surface area contributed by atoms with Gasteiger partial charge in [0.2, 0.25) is 10.0 Å². The van der Waals surface area contributed by atoms with Crippen molar-refractivity contribution < 1.29 is 8.42 Å². The van der Waals surface area contributed by atoms with Crippen LogP contribution in [-0.4, -0.2) is 21.0 Å². The van der Waals surface area contributed by atoms with E-state index in [9.17, 15) is 8.42 Å². The lowest BCUT2D eigenvalue weighted by Crippen LogP contribution is -2.30. The zero-order valence-electron chi connectivity index (χ0n) is 10.8. The van der Waals surface area contributed by atoms with Gasteiger partial charge in [0.25, 0.3) is 0 Å². The number of nitrogens with two attached hydrogens (primary N) is 1. The third kappa shape index (κ3) is 3.84. The Kier molecular flexibility index (Phi) is 4.91. The van der Waals surface area contributed by atoms with Crippen molar-refractivity contribution in [2.75, 3.05) is 6.54 Å². The molecule has 1 aromatic rings. The maximum Gasteiger partial charge on any atom is 0.240 e. The fourth-order valence-corrected chi connectivity index (χ4v) is 2.80. The molecule has 0 aliphatic heterocycles. The summed E-state index contributed by atoms with van der Waals surface area (Å²) in [5, 5.41) is 0. The van der Waals surface area contributed by atoms with Crippen LogP contribution in [0.5, 0.6) is 0 Å². The first kappa shape index (κ1) is 14.7. The molecule has 0 aliphatic rings. The van der Waals surface area contributed by atoms with E-state index >= 15 is 0 Å². The Balaban J connectivity index is 3.12. The average Bonchev–Trinajstić information content (AvgIpc) is 2.25. The largest absolute Gasteiger partial charge is 0.320 e. The van der Waals surface area contributed by atoms with Gasteiger partial charge in [0.05, 0.1) is 11.4 Å². The van der Waals surface area contributed by atoms with Gasteiger partial charge in [0.1, 0.15) is 0 Å². The van der Waals surface area contributed by atoms with E-state index in [-0.39, 0.29) is 17.5 Å². The van der Waals surface area contributed by atoms with Crippen molar-refractivity contribution in [1.82, 2.24) is 4.72 Å². The maximum atomic E-state index is 12.0. The SMILES string of the molecule is Cc1cc(S(=O)(=O)NC(C)C)ccc1C#CCN. The van der Waals surface area contributed by atoms with Gasteiger partial charge in [-0.25, -0.2) is 13.1 Å². The Morgan fingerprint density at radius 3 is 2.56 bits per heavy atom. The molecular weight excluding hydrogens is 248 g/mol. The summed E-state index contributed by atoms with van der Waals surface area (Å²) >= 11 is 0. The minimum Gasteiger partial charge on any atom is -0.320 e. The summed E-state index contributed by atoms with van der Waals surface area (Å²) in [6, 6.07) is 4.74. The van der Waals surface area contributed by atoms with Crippen LogP contribution in [0.25, 0.3) is 0 Å². The number of aryl methyl sites for hydroxylation is 1.